The molecule has 0 aromatic heterocycles. The first-order chi connectivity index (χ1) is 15.8. The molecule has 4 nitrogen and oxygen atoms in total. The Labute approximate surface area is 189 Å². The molecular formula is C25H18F3NO3S. The fourth-order valence-electron chi connectivity index (χ4n) is 3.49. The first kappa shape index (κ1) is 22.7. The van der Waals surface area contributed by atoms with Gasteiger partial charge in [-0.05, 0) is 48.6 Å². The predicted molar refractivity (Wildman–Crippen MR) is 119 cm³/mol. The Balaban J connectivity index is 1.81. The van der Waals surface area contributed by atoms with E-state index in [1.165, 1.54) is 48.6 Å². The molecule has 3 aromatic carbocycles. The smallest absolute Gasteiger partial charge is 0.243 e. The quantitative estimate of drug-likeness (QED) is 0.514. The molecule has 4 rings (SSSR count). The lowest BCUT2D eigenvalue weighted by Gasteiger charge is -2.29. The van der Waals surface area contributed by atoms with Gasteiger partial charge < -0.3 is 0 Å². The van der Waals surface area contributed by atoms with E-state index in [0.717, 1.165) is 28.6 Å². The van der Waals surface area contributed by atoms with Crippen LogP contribution in [-0.4, -0.2) is 31.6 Å². The number of hydrogen-bond acceptors (Lipinski definition) is 3. The summed E-state index contributed by atoms with van der Waals surface area (Å²) in [6.07, 6.45) is 2.58. The molecule has 168 valence electrons. The molecule has 33 heavy (non-hydrogen) atoms. The van der Waals surface area contributed by atoms with Crippen LogP contribution in [0, 0.1) is 17.5 Å². The molecule has 8 heteroatoms. The molecule has 1 saturated heterocycles. The Bertz CT molecular complexity index is 1310. The SMILES string of the molecule is O=C1C(=Cc2ccccc2F)CN(S(=O)(=O)c2ccc(F)cc2)CC1=Cc1ccccc1F. The molecule has 1 heterocycles. The maximum Gasteiger partial charge on any atom is 0.243 e. The molecular weight excluding hydrogens is 451 g/mol. The van der Waals surface area contributed by atoms with E-state index in [4.69, 9.17) is 0 Å². The summed E-state index contributed by atoms with van der Waals surface area (Å²) in [6, 6.07) is 15.8. The number of sulfonamides is 1. The number of piperidine rings is 1. The van der Waals surface area contributed by atoms with Crippen LogP contribution >= 0.6 is 0 Å². The highest BCUT2D eigenvalue weighted by molar-refractivity contribution is 7.89. The molecule has 0 atom stereocenters. The van der Waals surface area contributed by atoms with Crippen molar-refractivity contribution in [3.05, 3.63) is 113 Å². The summed E-state index contributed by atoms with van der Waals surface area (Å²) in [7, 11) is -4.13. The van der Waals surface area contributed by atoms with Crippen LogP contribution in [0.15, 0.2) is 88.8 Å². The number of ketones is 1. The van der Waals surface area contributed by atoms with Crippen molar-refractivity contribution in [3.8, 4) is 0 Å². The normalized spacial score (nSPS) is 17.6. The maximum absolute atomic E-state index is 14.2. The van der Waals surface area contributed by atoms with E-state index < -0.39 is 33.3 Å². The predicted octanol–water partition coefficient (Wildman–Crippen LogP) is 4.84. The van der Waals surface area contributed by atoms with E-state index >= 15 is 0 Å². The van der Waals surface area contributed by atoms with Crippen LogP contribution in [0.3, 0.4) is 0 Å². The third kappa shape index (κ3) is 4.81. The van der Waals surface area contributed by atoms with E-state index in [1.807, 2.05) is 0 Å². The summed E-state index contributed by atoms with van der Waals surface area (Å²) in [4.78, 5) is 13.0. The lowest BCUT2D eigenvalue weighted by Crippen LogP contribution is -2.41. The Morgan fingerprint density at radius 1 is 0.697 bits per heavy atom. The molecule has 0 bridgehead atoms. The maximum atomic E-state index is 14.2. The second kappa shape index (κ2) is 9.17. The molecule has 0 saturated carbocycles. The highest BCUT2D eigenvalue weighted by Crippen LogP contribution is 2.28. The summed E-state index contributed by atoms with van der Waals surface area (Å²) < 4.78 is 69.2. The van der Waals surface area contributed by atoms with Crippen molar-refractivity contribution < 1.29 is 26.4 Å². The Morgan fingerprint density at radius 2 is 1.15 bits per heavy atom. The summed E-state index contributed by atoms with van der Waals surface area (Å²) in [5, 5.41) is 0. The number of halogens is 3. The van der Waals surface area contributed by atoms with Crippen molar-refractivity contribution in [1.82, 2.24) is 4.31 Å². The topological polar surface area (TPSA) is 54.5 Å². The largest absolute Gasteiger partial charge is 0.289 e. The van der Waals surface area contributed by atoms with E-state index in [2.05, 4.69) is 0 Å². The van der Waals surface area contributed by atoms with Gasteiger partial charge in [0, 0.05) is 35.4 Å². The molecule has 1 aliphatic rings. The van der Waals surface area contributed by atoms with Crippen LogP contribution in [0.1, 0.15) is 11.1 Å². The Kier molecular flexibility index (Phi) is 6.31. The summed E-state index contributed by atoms with van der Waals surface area (Å²) in [6.45, 7) is -0.636. The first-order valence-corrected chi connectivity index (χ1v) is 11.4. The van der Waals surface area contributed by atoms with Gasteiger partial charge in [0.2, 0.25) is 10.0 Å². The van der Waals surface area contributed by atoms with Crippen molar-refractivity contribution in [2.24, 2.45) is 0 Å². The average molecular weight is 469 g/mol. The minimum Gasteiger partial charge on any atom is -0.289 e. The van der Waals surface area contributed by atoms with E-state index in [-0.39, 0.29) is 40.3 Å². The lowest BCUT2D eigenvalue weighted by molar-refractivity contribution is -0.113. The third-order valence-electron chi connectivity index (χ3n) is 5.20. The number of rotatable bonds is 4. The number of carbonyl (C=O) groups excluding carboxylic acids is 1. The van der Waals surface area contributed by atoms with Crippen LogP contribution in [-0.2, 0) is 14.8 Å². The van der Waals surface area contributed by atoms with Crippen molar-refractivity contribution in [1.29, 1.82) is 0 Å². The van der Waals surface area contributed by atoms with Gasteiger partial charge in [-0.3, -0.25) is 4.79 Å². The number of nitrogens with zero attached hydrogens (tertiary/aromatic N) is 1. The number of benzene rings is 3. The van der Waals surface area contributed by atoms with Crippen molar-refractivity contribution in [3.63, 3.8) is 0 Å². The second-order valence-electron chi connectivity index (χ2n) is 7.44. The van der Waals surface area contributed by atoms with Gasteiger partial charge in [0.25, 0.3) is 0 Å². The van der Waals surface area contributed by atoms with Gasteiger partial charge in [-0.25, -0.2) is 21.6 Å². The Hall–Kier alpha value is -3.49. The van der Waals surface area contributed by atoms with Gasteiger partial charge in [0.05, 0.1) is 4.90 Å². The summed E-state index contributed by atoms with van der Waals surface area (Å²) in [5.74, 6) is -2.25. The minimum absolute atomic E-state index is 0.0274. The van der Waals surface area contributed by atoms with E-state index in [0.29, 0.717) is 0 Å². The fraction of sp³-hybridized carbons (Fsp3) is 0.0800. The van der Waals surface area contributed by atoms with Gasteiger partial charge in [-0.1, -0.05) is 36.4 Å². The zero-order valence-electron chi connectivity index (χ0n) is 17.2. The fourth-order valence-corrected chi connectivity index (χ4v) is 4.89. The van der Waals surface area contributed by atoms with E-state index in [1.54, 1.807) is 12.1 Å². The average Bonchev–Trinajstić information content (AvgIpc) is 2.79. The van der Waals surface area contributed by atoms with Gasteiger partial charge in [-0.2, -0.15) is 4.31 Å². The van der Waals surface area contributed by atoms with Crippen LogP contribution < -0.4 is 0 Å². The standard InChI is InChI=1S/C25H18F3NO3S/c26-21-9-11-22(12-10-21)33(31,32)29-15-19(13-17-5-1-3-7-23(17)27)25(30)20(16-29)14-18-6-2-4-8-24(18)28/h1-14H,15-16H2. The molecule has 0 aliphatic carbocycles. The zero-order valence-corrected chi connectivity index (χ0v) is 18.0. The molecule has 1 aliphatic heterocycles. The molecule has 0 spiro atoms. The molecule has 0 unspecified atom stereocenters. The van der Waals surface area contributed by atoms with Gasteiger partial charge in [0.1, 0.15) is 17.5 Å². The highest BCUT2D eigenvalue weighted by atomic mass is 32.2. The van der Waals surface area contributed by atoms with Crippen LogP contribution in [0.4, 0.5) is 13.2 Å². The van der Waals surface area contributed by atoms with Crippen molar-refractivity contribution in [2.45, 2.75) is 4.90 Å². The molecule has 1 fully saturated rings. The molecule has 0 radical (unpaired) electrons. The second-order valence-corrected chi connectivity index (χ2v) is 9.38. The summed E-state index contributed by atoms with van der Waals surface area (Å²) >= 11 is 0. The van der Waals surface area contributed by atoms with Crippen molar-refractivity contribution in [2.75, 3.05) is 13.1 Å². The van der Waals surface area contributed by atoms with Gasteiger partial charge in [0.15, 0.2) is 5.78 Å². The van der Waals surface area contributed by atoms with Gasteiger partial charge in [-0.15, -0.1) is 0 Å². The summed E-state index contributed by atoms with van der Waals surface area (Å²) in [5.41, 5.74) is 0.290. The first-order valence-electron chi connectivity index (χ1n) is 9.96. The minimum atomic E-state index is -4.13. The third-order valence-corrected chi connectivity index (χ3v) is 7.00. The van der Waals surface area contributed by atoms with Crippen LogP contribution in [0.5, 0.6) is 0 Å². The van der Waals surface area contributed by atoms with Crippen molar-refractivity contribution >= 4 is 28.0 Å². The zero-order chi connectivity index (χ0) is 23.6. The lowest BCUT2D eigenvalue weighted by atomic mass is 9.95. The molecule has 0 N–H and O–H groups in total. The van der Waals surface area contributed by atoms with E-state index in [9.17, 15) is 26.4 Å². The highest BCUT2D eigenvalue weighted by Gasteiger charge is 2.34. The number of hydrogen-bond donors (Lipinski definition) is 0. The Morgan fingerprint density at radius 3 is 1.61 bits per heavy atom. The van der Waals surface area contributed by atoms with Gasteiger partial charge >= 0.3 is 0 Å². The number of Topliss-reactive ketones (excluding diaryl/α,β-unsaturated/α-hetero) is 1. The molecule has 0 amide bonds. The van der Waals surface area contributed by atoms with Crippen LogP contribution in [0.2, 0.25) is 0 Å². The van der Waals surface area contributed by atoms with Crippen LogP contribution in [0.25, 0.3) is 12.2 Å². The monoisotopic (exact) mass is 469 g/mol. The molecule has 3 aromatic rings. The number of carbonyl (C=O) groups is 1.